The quantitative estimate of drug-likeness (QED) is 0.723. The Balaban J connectivity index is 2.03. The Hall–Kier alpha value is -1.33. The zero-order valence-corrected chi connectivity index (χ0v) is 11.2. The van der Waals surface area contributed by atoms with Crippen molar-refractivity contribution >= 4 is 18.2 Å². The van der Waals surface area contributed by atoms with Crippen LogP contribution in [0.5, 0.6) is 0 Å². The molecule has 0 aliphatic carbocycles. The zero-order chi connectivity index (χ0) is 13.0. The molecule has 1 aromatic heterocycles. The van der Waals surface area contributed by atoms with Crippen molar-refractivity contribution in [1.29, 1.82) is 0 Å². The van der Waals surface area contributed by atoms with Gasteiger partial charge in [-0.05, 0) is 33.8 Å². The summed E-state index contributed by atoms with van der Waals surface area (Å²) in [5.74, 6) is 0. The molecule has 0 radical (unpaired) electrons. The summed E-state index contributed by atoms with van der Waals surface area (Å²) in [4.78, 5) is 0. The molecule has 2 heterocycles. The lowest BCUT2D eigenvalue weighted by molar-refractivity contribution is 0.00578. The van der Waals surface area contributed by atoms with Crippen LogP contribution >= 0.6 is 0 Å². The Morgan fingerprint density at radius 3 is 2.33 bits per heavy atom. The Labute approximate surface area is 107 Å². The molecule has 0 spiro atoms. The van der Waals surface area contributed by atoms with Crippen molar-refractivity contribution in [2.24, 2.45) is 0 Å². The first kappa shape index (κ1) is 11.7. The van der Waals surface area contributed by atoms with Gasteiger partial charge in [0.25, 0.3) is 0 Å². The molecule has 0 saturated carbocycles. The predicted octanol–water partition coefficient (Wildman–Crippen LogP) is 2.47. The molecule has 0 atom stereocenters. The van der Waals surface area contributed by atoms with Gasteiger partial charge >= 0.3 is 7.25 Å². The molecule has 1 saturated heterocycles. The summed E-state index contributed by atoms with van der Waals surface area (Å²) in [7, 11) is -0.463. The van der Waals surface area contributed by atoms with Gasteiger partial charge in [-0.3, -0.25) is 4.59 Å². The number of rotatable bonds is 1. The Kier molecular flexibility index (Phi) is 2.34. The third kappa shape index (κ3) is 1.58. The lowest BCUT2D eigenvalue weighted by atomic mass is 9.90. The maximum absolute atomic E-state index is 5.99. The van der Waals surface area contributed by atoms with Crippen molar-refractivity contribution in [3.63, 3.8) is 0 Å². The fourth-order valence-corrected chi connectivity index (χ4v) is 2.07. The zero-order valence-electron chi connectivity index (χ0n) is 11.2. The van der Waals surface area contributed by atoms with Crippen molar-refractivity contribution in [2.45, 2.75) is 38.9 Å². The van der Waals surface area contributed by atoms with Gasteiger partial charge in [-0.2, -0.15) is 5.10 Å². The summed E-state index contributed by atoms with van der Waals surface area (Å²) in [6.07, 6.45) is 1.83. The van der Waals surface area contributed by atoms with Crippen molar-refractivity contribution in [2.75, 3.05) is 0 Å². The Morgan fingerprint density at radius 1 is 1.06 bits per heavy atom. The minimum absolute atomic E-state index is 0.343. The van der Waals surface area contributed by atoms with Crippen LogP contribution in [0.2, 0.25) is 0 Å². The van der Waals surface area contributed by atoms with Crippen LogP contribution in [0, 0.1) is 0 Å². The van der Waals surface area contributed by atoms with E-state index in [-0.39, 0.29) is 11.2 Å². The van der Waals surface area contributed by atoms with Gasteiger partial charge in [-0.1, -0.05) is 18.2 Å². The summed E-state index contributed by atoms with van der Waals surface area (Å²) in [6, 6.07) is 8.04. The topological polar surface area (TPSA) is 36.3 Å². The second-order valence-electron chi connectivity index (χ2n) is 5.71. The second-order valence-corrected chi connectivity index (χ2v) is 5.71. The normalized spacial score (nSPS) is 21.7. The number of hydrogen-bond acceptors (Lipinski definition) is 3. The van der Waals surface area contributed by atoms with Gasteiger partial charge in [0.2, 0.25) is 0 Å². The number of hydrogen-bond donors (Lipinski definition) is 0. The Bertz CT molecular complexity index is 575. The fraction of sp³-hybridized carbons (Fsp3) is 0.462. The van der Waals surface area contributed by atoms with E-state index < -0.39 is 7.25 Å². The summed E-state index contributed by atoms with van der Waals surface area (Å²) >= 11 is 0. The fourth-order valence-electron chi connectivity index (χ4n) is 2.07. The minimum Gasteiger partial charge on any atom is -0.383 e. The molecule has 3 rings (SSSR count). The first-order chi connectivity index (χ1) is 8.41. The third-order valence-corrected chi connectivity index (χ3v) is 3.95. The monoisotopic (exact) mass is 244 g/mol. The van der Waals surface area contributed by atoms with E-state index in [1.807, 2.05) is 58.2 Å². The SMILES string of the molecule is CC1(C)OB(n2ncc3ccccc32)OC1(C)C. The van der Waals surface area contributed by atoms with Gasteiger partial charge in [-0.15, -0.1) is 0 Å². The van der Waals surface area contributed by atoms with E-state index in [2.05, 4.69) is 5.10 Å². The average Bonchev–Trinajstić information content (AvgIpc) is 2.78. The standard InChI is InChI=1S/C13H17BN2O2/c1-12(2)13(3,4)18-14(17-12)16-11-8-6-5-7-10(11)9-15-16/h5-9H,1-4H3. The third-order valence-electron chi connectivity index (χ3n) is 3.95. The smallest absolute Gasteiger partial charge is 0.383 e. The number of fused-ring (bicyclic) bond motifs is 1. The van der Waals surface area contributed by atoms with Crippen molar-refractivity contribution in [3.8, 4) is 0 Å². The molecule has 1 fully saturated rings. The van der Waals surface area contributed by atoms with Crippen molar-refractivity contribution < 1.29 is 9.31 Å². The van der Waals surface area contributed by atoms with E-state index in [0.29, 0.717) is 0 Å². The summed E-state index contributed by atoms with van der Waals surface area (Å²) in [5.41, 5.74) is 0.339. The van der Waals surface area contributed by atoms with E-state index in [1.165, 1.54) is 0 Å². The van der Waals surface area contributed by atoms with E-state index in [9.17, 15) is 0 Å². The molecule has 0 unspecified atom stereocenters. The first-order valence-corrected chi connectivity index (χ1v) is 6.19. The number of para-hydroxylation sites is 1. The molecule has 1 aromatic carbocycles. The minimum atomic E-state index is -0.463. The molecular weight excluding hydrogens is 227 g/mol. The summed E-state index contributed by atoms with van der Waals surface area (Å²) in [6.45, 7) is 8.16. The van der Waals surface area contributed by atoms with E-state index >= 15 is 0 Å². The number of aromatic nitrogens is 2. The van der Waals surface area contributed by atoms with E-state index in [1.54, 1.807) is 4.59 Å². The molecule has 0 N–H and O–H groups in total. The second kappa shape index (κ2) is 3.59. The van der Waals surface area contributed by atoms with Gasteiger partial charge in [0.05, 0.1) is 22.9 Å². The molecule has 1 aliphatic rings. The summed E-state index contributed by atoms with van der Waals surface area (Å²) < 4.78 is 13.8. The highest BCUT2D eigenvalue weighted by Gasteiger charge is 2.53. The number of nitrogens with zero attached hydrogens (tertiary/aromatic N) is 2. The van der Waals surface area contributed by atoms with Crippen LogP contribution in [-0.4, -0.2) is 28.1 Å². The lowest BCUT2D eigenvalue weighted by Crippen LogP contribution is -2.41. The molecule has 18 heavy (non-hydrogen) atoms. The molecule has 5 heteroatoms. The molecular formula is C13H17BN2O2. The first-order valence-electron chi connectivity index (χ1n) is 6.19. The predicted molar refractivity (Wildman–Crippen MR) is 71.2 cm³/mol. The van der Waals surface area contributed by atoms with Gasteiger partial charge in [0, 0.05) is 5.39 Å². The van der Waals surface area contributed by atoms with Crippen LogP contribution in [0.15, 0.2) is 30.5 Å². The van der Waals surface area contributed by atoms with Crippen LogP contribution in [0.25, 0.3) is 10.9 Å². The van der Waals surface area contributed by atoms with Gasteiger partial charge in [-0.25, -0.2) is 0 Å². The number of benzene rings is 1. The van der Waals surface area contributed by atoms with E-state index in [4.69, 9.17) is 9.31 Å². The average molecular weight is 244 g/mol. The van der Waals surface area contributed by atoms with Crippen LogP contribution in [-0.2, 0) is 9.31 Å². The van der Waals surface area contributed by atoms with Gasteiger partial charge < -0.3 is 9.31 Å². The van der Waals surface area contributed by atoms with Gasteiger partial charge in [0.1, 0.15) is 0 Å². The lowest BCUT2D eigenvalue weighted by Gasteiger charge is -2.32. The Morgan fingerprint density at radius 2 is 1.67 bits per heavy atom. The van der Waals surface area contributed by atoms with Crippen LogP contribution in [0.1, 0.15) is 27.7 Å². The highest BCUT2D eigenvalue weighted by atomic mass is 16.7. The maximum Gasteiger partial charge on any atom is 0.616 e. The summed E-state index contributed by atoms with van der Waals surface area (Å²) in [5, 5.41) is 5.47. The molecule has 94 valence electrons. The van der Waals surface area contributed by atoms with Crippen LogP contribution in [0.4, 0.5) is 0 Å². The molecule has 4 nitrogen and oxygen atoms in total. The molecule has 1 aliphatic heterocycles. The highest BCUT2D eigenvalue weighted by Crippen LogP contribution is 2.37. The molecule has 0 amide bonds. The highest BCUT2D eigenvalue weighted by molar-refractivity contribution is 6.44. The van der Waals surface area contributed by atoms with Gasteiger partial charge in [0.15, 0.2) is 0 Å². The molecule has 0 bridgehead atoms. The van der Waals surface area contributed by atoms with Crippen molar-refractivity contribution in [3.05, 3.63) is 30.5 Å². The van der Waals surface area contributed by atoms with Crippen LogP contribution in [0.3, 0.4) is 0 Å². The van der Waals surface area contributed by atoms with Crippen LogP contribution < -0.4 is 0 Å². The molecule has 2 aromatic rings. The largest absolute Gasteiger partial charge is 0.616 e. The maximum atomic E-state index is 5.99. The van der Waals surface area contributed by atoms with Crippen molar-refractivity contribution in [1.82, 2.24) is 9.69 Å². The van der Waals surface area contributed by atoms with E-state index in [0.717, 1.165) is 10.9 Å².